The zero-order valence-corrected chi connectivity index (χ0v) is 13.5. The molecule has 3 heteroatoms. The Hall–Kier alpha value is -0.380. The van der Waals surface area contributed by atoms with E-state index in [0.29, 0.717) is 6.04 Å². The molecule has 2 heterocycles. The van der Waals surface area contributed by atoms with Crippen molar-refractivity contribution in [1.82, 2.24) is 10.2 Å². The molecule has 0 radical (unpaired) electrons. The van der Waals surface area contributed by atoms with E-state index in [4.69, 9.17) is 0 Å². The molecule has 1 fully saturated rings. The van der Waals surface area contributed by atoms with Crippen molar-refractivity contribution in [2.24, 2.45) is 0 Å². The molecule has 2 rings (SSSR count). The van der Waals surface area contributed by atoms with Gasteiger partial charge in [-0.2, -0.15) is 0 Å². The molecule has 1 aliphatic heterocycles. The summed E-state index contributed by atoms with van der Waals surface area (Å²) in [4.78, 5) is 5.51. The van der Waals surface area contributed by atoms with E-state index in [1.54, 1.807) is 0 Å². The van der Waals surface area contributed by atoms with Crippen molar-refractivity contribution < 1.29 is 0 Å². The topological polar surface area (TPSA) is 15.3 Å². The summed E-state index contributed by atoms with van der Waals surface area (Å²) in [6.07, 6.45) is 5.62. The molecule has 1 unspecified atom stereocenters. The van der Waals surface area contributed by atoms with Gasteiger partial charge >= 0.3 is 0 Å². The summed E-state index contributed by atoms with van der Waals surface area (Å²) < 4.78 is 0. The van der Waals surface area contributed by atoms with E-state index >= 15 is 0 Å². The number of nitrogens with one attached hydrogen (secondary N) is 1. The molecule has 108 valence electrons. The zero-order valence-electron chi connectivity index (χ0n) is 12.7. The van der Waals surface area contributed by atoms with Gasteiger partial charge in [-0.3, -0.25) is 0 Å². The van der Waals surface area contributed by atoms with Crippen LogP contribution >= 0.6 is 11.3 Å². The number of aryl methyl sites for hydroxylation is 2. The van der Waals surface area contributed by atoms with Gasteiger partial charge in [0.25, 0.3) is 0 Å². The van der Waals surface area contributed by atoms with Gasteiger partial charge in [-0.1, -0.05) is 12.8 Å². The van der Waals surface area contributed by atoms with Gasteiger partial charge in [0, 0.05) is 28.9 Å². The number of hydrogen-bond acceptors (Lipinski definition) is 3. The summed E-state index contributed by atoms with van der Waals surface area (Å²) in [6.45, 7) is 11.6. The average Bonchev–Trinajstić information content (AvgIpc) is 2.58. The second kappa shape index (κ2) is 7.41. The molecule has 19 heavy (non-hydrogen) atoms. The van der Waals surface area contributed by atoms with E-state index in [0.717, 1.165) is 6.54 Å². The Bertz CT molecular complexity index is 378. The lowest BCUT2D eigenvalue weighted by Crippen LogP contribution is -2.33. The van der Waals surface area contributed by atoms with Crippen LogP contribution in [-0.4, -0.2) is 31.1 Å². The monoisotopic (exact) mass is 280 g/mol. The first-order chi connectivity index (χ1) is 9.16. The van der Waals surface area contributed by atoms with E-state index in [1.807, 2.05) is 11.3 Å². The quantitative estimate of drug-likeness (QED) is 0.880. The Morgan fingerprint density at radius 3 is 2.47 bits per heavy atom. The number of rotatable bonds is 5. The maximum absolute atomic E-state index is 3.69. The van der Waals surface area contributed by atoms with Gasteiger partial charge in [0.05, 0.1) is 0 Å². The van der Waals surface area contributed by atoms with Crippen LogP contribution in [-0.2, 0) is 0 Å². The van der Waals surface area contributed by atoms with Crippen LogP contribution in [0.3, 0.4) is 0 Å². The molecule has 0 aliphatic carbocycles. The standard InChI is InChI=1S/C16H28N2S/c1-13-12-16(15(3)19-13)14(2)17-8-11-18-9-6-4-5-7-10-18/h12,14,17H,4-11H2,1-3H3. The summed E-state index contributed by atoms with van der Waals surface area (Å²) in [5.41, 5.74) is 1.48. The lowest BCUT2D eigenvalue weighted by Gasteiger charge is -2.21. The smallest absolute Gasteiger partial charge is 0.0303 e. The zero-order chi connectivity index (χ0) is 13.7. The molecule has 1 aromatic rings. The van der Waals surface area contributed by atoms with Gasteiger partial charge in [0.2, 0.25) is 0 Å². The van der Waals surface area contributed by atoms with Gasteiger partial charge in [0.1, 0.15) is 0 Å². The van der Waals surface area contributed by atoms with Crippen LogP contribution in [0, 0.1) is 13.8 Å². The van der Waals surface area contributed by atoms with E-state index in [2.05, 4.69) is 37.1 Å². The highest BCUT2D eigenvalue weighted by atomic mass is 32.1. The molecular weight excluding hydrogens is 252 g/mol. The van der Waals surface area contributed by atoms with Crippen LogP contribution < -0.4 is 5.32 Å². The predicted octanol–water partition coefficient (Wildman–Crippen LogP) is 3.89. The first kappa shape index (κ1) is 15.0. The van der Waals surface area contributed by atoms with Crippen LogP contribution in [0.25, 0.3) is 0 Å². The average molecular weight is 280 g/mol. The minimum Gasteiger partial charge on any atom is -0.309 e. The summed E-state index contributed by atoms with van der Waals surface area (Å²) in [5.74, 6) is 0. The van der Waals surface area contributed by atoms with Crippen molar-refractivity contribution in [1.29, 1.82) is 0 Å². The third-order valence-corrected chi connectivity index (χ3v) is 5.10. The third kappa shape index (κ3) is 4.59. The fourth-order valence-electron chi connectivity index (χ4n) is 2.99. The van der Waals surface area contributed by atoms with Crippen molar-refractivity contribution in [3.05, 3.63) is 21.4 Å². The number of thiophene rings is 1. The Morgan fingerprint density at radius 2 is 1.89 bits per heavy atom. The molecule has 1 N–H and O–H groups in total. The second-order valence-corrected chi connectivity index (χ2v) is 7.26. The van der Waals surface area contributed by atoms with Gasteiger partial charge in [-0.25, -0.2) is 0 Å². The maximum Gasteiger partial charge on any atom is 0.0303 e. The Morgan fingerprint density at radius 1 is 1.21 bits per heavy atom. The molecule has 1 aliphatic rings. The molecule has 1 atom stereocenters. The van der Waals surface area contributed by atoms with Crippen molar-refractivity contribution in [2.75, 3.05) is 26.2 Å². The van der Waals surface area contributed by atoms with E-state index in [-0.39, 0.29) is 0 Å². The second-order valence-electron chi connectivity index (χ2n) is 5.80. The van der Waals surface area contributed by atoms with E-state index in [1.165, 1.54) is 60.6 Å². The number of hydrogen-bond donors (Lipinski definition) is 1. The van der Waals surface area contributed by atoms with Crippen molar-refractivity contribution in [3.8, 4) is 0 Å². The largest absolute Gasteiger partial charge is 0.309 e. The molecular formula is C16H28N2S. The first-order valence-electron chi connectivity index (χ1n) is 7.69. The molecule has 0 spiro atoms. The van der Waals surface area contributed by atoms with Crippen LogP contribution in [0.5, 0.6) is 0 Å². The Balaban J connectivity index is 1.74. The highest BCUT2D eigenvalue weighted by Gasteiger charge is 2.12. The van der Waals surface area contributed by atoms with E-state index < -0.39 is 0 Å². The molecule has 2 nitrogen and oxygen atoms in total. The van der Waals surface area contributed by atoms with Gasteiger partial charge in [-0.05, 0) is 58.3 Å². The molecule has 0 aromatic carbocycles. The van der Waals surface area contributed by atoms with Crippen LogP contribution in [0.4, 0.5) is 0 Å². The third-order valence-electron chi connectivity index (χ3n) is 4.12. The normalized spacial score (nSPS) is 19.3. The van der Waals surface area contributed by atoms with Gasteiger partial charge < -0.3 is 10.2 Å². The minimum absolute atomic E-state index is 0.483. The fourth-order valence-corrected chi connectivity index (χ4v) is 4.01. The number of nitrogens with zero attached hydrogens (tertiary/aromatic N) is 1. The molecule has 0 amide bonds. The summed E-state index contributed by atoms with van der Waals surface area (Å²) in [6, 6.07) is 2.82. The number of likely N-dealkylation sites (tertiary alicyclic amines) is 1. The minimum atomic E-state index is 0.483. The van der Waals surface area contributed by atoms with Gasteiger partial charge in [-0.15, -0.1) is 11.3 Å². The molecule has 0 bridgehead atoms. The van der Waals surface area contributed by atoms with Crippen molar-refractivity contribution in [2.45, 2.75) is 52.5 Å². The highest BCUT2D eigenvalue weighted by molar-refractivity contribution is 7.12. The molecule has 0 saturated carbocycles. The maximum atomic E-state index is 3.69. The predicted molar refractivity (Wildman–Crippen MR) is 85.1 cm³/mol. The summed E-state index contributed by atoms with van der Waals surface area (Å²) in [7, 11) is 0. The van der Waals surface area contributed by atoms with Crippen molar-refractivity contribution in [3.63, 3.8) is 0 Å². The van der Waals surface area contributed by atoms with Crippen LogP contribution in [0.15, 0.2) is 6.07 Å². The SMILES string of the molecule is Cc1cc(C(C)NCCN2CCCCCC2)c(C)s1. The Labute approximate surface area is 122 Å². The Kier molecular flexibility index (Phi) is 5.86. The van der Waals surface area contributed by atoms with Crippen LogP contribution in [0.1, 0.15) is 54.0 Å². The lowest BCUT2D eigenvalue weighted by atomic mass is 10.1. The van der Waals surface area contributed by atoms with Crippen molar-refractivity contribution >= 4 is 11.3 Å². The fraction of sp³-hybridized carbons (Fsp3) is 0.750. The molecule has 1 saturated heterocycles. The highest BCUT2D eigenvalue weighted by Crippen LogP contribution is 2.25. The summed E-state index contributed by atoms with van der Waals surface area (Å²) >= 11 is 1.91. The summed E-state index contributed by atoms with van der Waals surface area (Å²) in [5, 5.41) is 3.69. The van der Waals surface area contributed by atoms with Crippen LogP contribution in [0.2, 0.25) is 0 Å². The lowest BCUT2D eigenvalue weighted by molar-refractivity contribution is 0.280. The van der Waals surface area contributed by atoms with E-state index in [9.17, 15) is 0 Å². The first-order valence-corrected chi connectivity index (χ1v) is 8.51. The molecule has 1 aromatic heterocycles. The van der Waals surface area contributed by atoms with Gasteiger partial charge in [0.15, 0.2) is 0 Å².